The van der Waals surface area contributed by atoms with Crippen LogP contribution in [-0.4, -0.2) is 87.4 Å². The topological polar surface area (TPSA) is 61.4 Å². The van der Waals surface area contributed by atoms with Crippen LogP contribution >= 0.6 is 0 Å². The van der Waals surface area contributed by atoms with Crippen molar-refractivity contribution in [1.29, 1.82) is 0 Å². The van der Waals surface area contributed by atoms with E-state index < -0.39 is 0 Å². The van der Waals surface area contributed by atoms with E-state index in [9.17, 15) is 0 Å². The number of ether oxygens (including phenoxy) is 2. The van der Waals surface area contributed by atoms with Crippen LogP contribution < -0.4 is 15.4 Å². The third kappa shape index (κ3) is 7.94. The number of hydrogen-bond acceptors (Lipinski definition) is 5. The largest absolute Gasteiger partial charge is 0.492 e. The molecule has 1 unspecified atom stereocenters. The van der Waals surface area contributed by atoms with Crippen molar-refractivity contribution < 1.29 is 9.47 Å². The number of likely N-dealkylation sites (N-methyl/N-ethyl adjacent to an activating group) is 2. The Hall–Kier alpha value is -1.83. The molecule has 7 heteroatoms. The van der Waals surface area contributed by atoms with Crippen LogP contribution in [0.3, 0.4) is 0 Å². The van der Waals surface area contributed by atoms with Gasteiger partial charge in [-0.05, 0) is 70.4 Å². The third-order valence-corrected chi connectivity index (χ3v) is 6.60. The maximum Gasteiger partial charge on any atom is 0.191 e. The molecule has 0 radical (unpaired) electrons. The summed E-state index contributed by atoms with van der Waals surface area (Å²) in [5.41, 5.74) is 1.16. The monoisotopic (exact) mass is 445 g/mol. The van der Waals surface area contributed by atoms with Crippen LogP contribution in [0.25, 0.3) is 0 Å². The zero-order valence-electron chi connectivity index (χ0n) is 20.3. The molecule has 0 saturated carbocycles. The standard InChI is InChI=1S/C25H43N5O2/c1-4-26-25(28-20-23-9-7-13-30(23)5-2)27-19-21-8-6-10-24(18-21)32-17-14-29(3)22-11-15-31-16-12-22/h6,8,10,18,22-23H,4-5,7,9,11-17,19-20H2,1-3H3,(H2,26,27,28). The first kappa shape index (κ1) is 24.8. The molecule has 2 N–H and O–H groups in total. The van der Waals surface area contributed by atoms with E-state index in [2.05, 4.69) is 59.5 Å². The molecule has 2 heterocycles. The van der Waals surface area contributed by atoms with E-state index in [1.54, 1.807) is 0 Å². The van der Waals surface area contributed by atoms with E-state index in [1.807, 2.05) is 6.07 Å². The molecule has 2 aliphatic rings. The summed E-state index contributed by atoms with van der Waals surface area (Å²) in [5, 5.41) is 6.92. The average Bonchev–Trinajstić information content (AvgIpc) is 3.29. The summed E-state index contributed by atoms with van der Waals surface area (Å²) in [6.07, 6.45) is 4.79. The molecule has 2 fully saturated rings. The number of aliphatic imine (C=N–C) groups is 1. The number of nitrogens with one attached hydrogen (secondary N) is 2. The van der Waals surface area contributed by atoms with Crippen molar-refractivity contribution in [3.8, 4) is 5.75 Å². The highest BCUT2D eigenvalue weighted by atomic mass is 16.5. The Morgan fingerprint density at radius 2 is 2.06 bits per heavy atom. The van der Waals surface area contributed by atoms with Gasteiger partial charge in [-0.15, -0.1) is 0 Å². The summed E-state index contributed by atoms with van der Waals surface area (Å²) in [5.74, 6) is 1.81. The predicted molar refractivity (Wildman–Crippen MR) is 131 cm³/mol. The van der Waals surface area contributed by atoms with Crippen LogP contribution in [0, 0.1) is 0 Å². The molecule has 0 bridgehead atoms. The van der Waals surface area contributed by atoms with Gasteiger partial charge in [-0.25, -0.2) is 4.99 Å². The zero-order valence-corrected chi connectivity index (χ0v) is 20.3. The molecule has 0 amide bonds. The molecule has 7 nitrogen and oxygen atoms in total. The molecule has 2 aliphatic heterocycles. The summed E-state index contributed by atoms with van der Waals surface area (Å²) in [7, 11) is 2.19. The fraction of sp³-hybridized carbons (Fsp3) is 0.720. The van der Waals surface area contributed by atoms with Crippen molar-refractivity contribution in [2.45, 2.75) is 58.2 Å². The van der Waals surface area contributed by atoms with E-state index in [0.717, 1.165) is 69.5 Å². The molecule has 1 atom stereocenters. The van der Waals surface area contributed by atoms with Crippen molar-refractivity contribution in [3.05, 3.63) is 29.8 Å². The zero-order chi connectivity index (χ0) is 22.6. The Morgan fingerprint density at radius 1 is 1.22 bits per heavy atom. The second-order valence-electron chi connectivity index (χ2n) is 8.82. The summed E-state index contributed by atoms with van der Waals surface area (Å²) >= 11 is 0. The van der Waals surface area contributed by atoms with E-state index in [4.69, 9.17) is 14.5 Å². The minimum absolute atomic E-state index is 0.610. The van der Waals surface area contributed by atoms with Crippen molar-refractivity contribution in [2.24, 2.45) is 4.99 Å². The number of hydrogen-bond donors (Lipinski definition) is 2. The lowest BCUT2D eigenvalue weighted by molar-refractivity contribution is 0.0392. The van der Waals surface area contributed by atoms with Crippen LogP contribution in [0.4, 0.5) is 0 Å². The smallest absolute Gasteiger partial charge is 0.191 e. The van der Waals surface area contributed by atoms with Gasteiger partial charge in [0.1, 0.15) is 12.4 Å². The Balaban J connectivity index is 1.45. The normalized spacial score (nSPS) is 20.6. The second kappa shape index (κ2) is 13.7. The van der Waals surface area contributed by atoms with Gasteiger partial charge in [0.15, 0.2) is 5.96 Å². The highest BCUT2D eigenvalue weighted by Crippen LogP contribution is 2.17. The average molecular weight is 446 g/mol. The SMILES string of the molecule is CCNC(=NCc1cccc(OCCN(C)C2CCOCC2)c1)NCC1CCCN1CC. The van der Waals surface area contributed by atoms with E-state index in [0.29, 0.717) is 25.2 Å². The Morgan fingerprint density at radius 3 is 2.84 bits per heavy atom. The van der Waals surface area contributed by atoms with Gasteiger partial charge in [0, 0.05) is 44.9 Å². The first-order chi connectivity index (χ1) is 15.7. The number of guanidine groups is 1. The lowest BCUT2D eigenvalue weighted by Gasteiger charge is -2.31. The minimum atomic E-state index is 0.610. The number of rotatable bonds is 11. The van der Waals surface area contributed by atoms with E-state index >= 15 is 0 Å². The fourth-order valence-corrected chi connectivity index (χ4v) is 4.62. The number of nitrogens with zero attached hydrogens (tertiary/aromatic N) is 3. The predicted octanol–water partition coefficient (Wildman–Crippen LogP) is 2.72. The van der Waals surface area contributed by atoms with Gasteiger partial charge in [-0.1, -0.05) is 19.1 Å². The first-order valence-electron chi connectivity index (χ1n) is 12.5. The first-order valence-corrected chi connectivity index (χ1v) is 12.5. The molecule has 0 aliphatic carbocycles. The number of likely N-dealkylation sites (tertiary alicyclic amines) is 1. The molecule has 0 aromatic heterocycles. The van der Waals surface area contributed by atoms with Crippen LogP contribution in [0.2, 0.25) is 0 Å². The molecule has 3 rings (SSSR count). The van der Waals surface area contributed by atoms with Crippen molar-refractivity contribution in [3.63, 3.8) is 0 Å². The van der Waals surface area contributed by atoms with Gasteiger partial charge in [0.25, 0.3) is 0 Å². The molecule has 180 valence electrons. The highest BCUT2D eigenvalue weighted by molar-refractivity contribution is 5.79. The van der Waals surface area contributed by atoms with Gasteiger partial charge >= 0.3 is 0 Å². The van der Waals surface area contributed by atoms with Gasteiger partial charge in [0.2, 0.25) is 0 Å². The fourth-order valence-electron chi connectivity index (χ4n) is 4.62. The lowest BCUT2D eigenvalue weighted by atomic mass is 10.1. The van der Waals surface area contributed by atoms with Gasteiger partial charge < -0.3 is 20.1 Å². The minimum Gasteiger partial charge on any atom is -0.492 e. The highest BCUT2D eigenvalue weighted by Gasteiger charge is 2.22. The molecule has 32 heavy (non-hydrogen) atoms. The molecule has 1 aromatic rings. The molecule has 0 spiro atoms. The maximum atomic E-state index is 6.04. The van der Waals surface area contributed by atoms with Crippen molar-refractivity contribution in [2.75, 3.05) is 59.6 Å². The van der Waals surface area contributed by atoms with Crippen LogP contribution in [-0.2, 0) is 11.3 Å². The third-order valence-electron chi connectivity index (χ3n) is 6.60. The number of benzene rings is 1. The van der Waals surface area contributed by atoms with Crippen molar-refractivity contribution in [1.82, 2.24) is 20.4 Å². The van der Waals surface area contributed by atoms with Crippen molar-refractivity contribution >= 4 is 5.96 Å². The summed E-state index contributed by atoms with van der Waals surface area (Å²) < 4.78 is 11.5. The van der Waals surface area contributed by atoms with Gasteiger partial charge in [0.05, 0.1) is 6.54 Å². The molecular weight excluding hydrogens is 402 g/mol. The Bertz CT molecular complexity index is 693. The van der Waals surface area contributed by atoms with Crippen LogP contribution in [0.15, 0.2) is 29.3 Å². The Kier molecular flexibility index (Phi) is 10.6. The van der Waals surface area contributed by atoms with E-state index in [-0.39, 0.29) is 0 Å². The lowest BCUT2D eigenvalue weighted by Crippen LogP contribution is -2.44. The van der Waals surface area contributed by atoms with Gasteiger partial charge in [-0.3, -0.25) is 9.80 Å². The Labute approximate surface area is 194 Å². The summed E-state index contributed by atoms with van der Waals surface area (Å²) in [4.78, 5) is 9.76. The maximum absolute atomic E-state index is 6.04. The van der Waals surface area contributed by atoms with Gasteiger partial charge in [-0.2, -0.15) is 0 Å². The van der Waals surface area contributed by atoms with Crippen LogP contribution in [0.1, 0.15) is 45.1 Å². The van der Waals surface area contributed by atoms with E-state index in [1.165, 1.54) is 19.4 Å². The summed E-state index contributed by atoms with van der Waals surface area (Å²) in [6.45, 7) is 12.5. The van der Waals surface area contributed by atoms with Crippen LogP contribution in [0.5, 0.6) is 5.75 Å². The molecule has 1 aromatic carbocycles. The molecular formula is C25H43N5O2. The molecule has 2 saturated heterocycles. The quantitative estimate of drug-likeness (QED) is 0.403. The second-order valence-corrected chi connectivity index (χ2v) is 8.82. The summed E-state index contributed by atoms with van der Waals surface area (Å²) in [6, 6.07) is 9.53.